The number of carbonyl (C=O) groups is 2. The van der Waals surface area contributed by atoms with Gasteiger partial charge in [-0.2, -0.15) is 5.10 Å². The Morgan fingerprint density at radius 1 is 0.854 bits per heavy atom. The number of methoxy groups -OCH3 is 1. The fourth-order valence-corrected chi connectivity index (χ4v) is 5.30. The first-order valence-corrected chi connectivity index (χ1v) is 14.1. The standard InChI is InChI=1S/C31H30N4O5S/c1-22-12-18-29(19-13-22)41(38,39)35(27-10-7-11-28(20-27)40-3)21-30(36)34-33-23(2)24-14-16-26(17-15-24)32-31(37)25-8-5-4-6-9-25/h4-20H,21H2,1-3H3,(H,32,37)(H,34,36)/b33-23+. The third kappa shape index (κ3) is 7.37. The van der Waals surface area contributed by atoms with Crippen molar-refractivity contribution < 1.29 is 22.7 Å². The molecule has 0 aliphatic heterocycles. The molecule has 0 saturated carbocycles. The van der Waals surface area contributed by atoms with E-state index >= 15 is 0 Å². The Hall–Kier alpha value is -4.96. The van der Waals surface area contributed by atoms with Crippen LogP contribution < -0.4 is 19.8 Å². The molecule has 9 nitrogen and oxygen atoms in total. The molecule has 41 heavy (non-hydrogen) atoms. The third-order valence-corrected chi connectivity index (χ3v) is 7.97. The molecule has 4 aromatic rings. The fraction of sp³-hybridized carbons (Fsp3) is 0.129. The lowest BCUT2D eigenvalue weighted by molar-refractivity contribution is -0.119. The van der Waals surface area contributed by atoms with Crippen molar-refractivity contribution in [2.24, 2.45) is 5.10 Å². The average Bonchev–Trinajstić information content (AvgIpc) is 2.99. The number of amides is 2. The van der Waals surface area contributed by atoms with E-state index in [0.717, 1.165) is 9.87 Å². The van der Waals surface area contributed by atoms with E-state index in [1.54, 1.807) is 91.9 Å². The summed E-state index contributed by atoms with van der Waals surface area (Å²) in [7, 11) is -2.60. The van der Waals surface area contributed by atoms with Crippen LogP contribution in [0, 0.1) is 6.92 Å². The molecule has 10 heteroatoms. The van der Waals surface area contributed by atoms with Crippen LogP contribution in [-0.4, -0.2) is 39.6 Å². The van der Waals surface area contributed by atoms with Crippen LogP contribution in [0.3, 0.4) is 0 Å². The number of nitrogens with one attached hydrogen (secondary N) is 2. The topological polar surface area (TPSA) is 117 Å². The van der Waals surface area contributed by atoms with Crippen LogP contribution in [0.2, 0.25) is 0 Å². The lowest BCUT2D eigenvalue weighted by Crippen LogP contribution is -2.39. The van der Waals surface area contributed by atoms with Gasteiger partial charge in [-0.3, -0.25) is 13.9 Å². The number of rotatable bonds is 10. The minimum atomic E-state index is -4.08. The van der Waals surface area contributed by atoms with Crippen LogP contribution in [0.15, 0.2) is 113 Å². The first-order chi connectivity index (χ1) is 19.7. The number of anilines is 2. The molecule has 0 fully saturated rings. The van der Waals surface area contributed by atoms with Crippen molar-refractivity contribution in [3.8, 4) is 5.75 Å². The van der Waals surface area contributed by atoms with Gasteiger partial charge in [0, 0.05) is 17.3 Å². The molecule has 0 bridgehead atoms. The van der Waals surface area contributed by atoms with Crippen LogP contribution in [0.5, 0.6) is 5.75 Å². The predicted molar refractivity (Wildman–Crippen MR) is 160 cm³/mol. The zero-order valence-corrected chi connectivity index (χ0v) is 23.7. The molecule has 0 heterocycles. The van der Waals surface area contributed by atoms with Gasteiger partial charge in [-0.15, -0.1) is 0 Å². The van der Waals surface area contributed by atoms with Gasteiger partial charge in [-0.1, -0.05) is 54.1 Å². The van der Waals surface area contributed by atoms with Gasteiger partial charge in [0.05, 0.1) is 23.4 Å². The van der Waals surface area contributed by atoms with Crippen LogP contribution >= 0.6 is 0 Å². The highest BCUT2D eigenvalue weighted by molar-refractivity contribution is 7.92. The number of carbonyl (C=O) groups excluding carboxylic acids is 2. The second kappa shape index (κ2) is 12.9. The SMILES string of the molecule is COc1cccc(N(CC(=O)N/N=C(\C)c2ccc(NC(=O)c3ccccc3)cc2)S(=O)(=O)c2ccc(C)cc2)c1. The first-order valence-electron chi connectivity index (χ1n) is 12.7. The van der Waals surface area contributed by atoms with Crippen molar-refractivity contribution in [3.63, 3.8) is 0 Å². The first kappa shape index (κ1) is 29.0. The van der Waals surface area contributed by atoms with Gasteiger partial charge in [0.25, 0.3) is 21.8 Å². The summed E-state index contributed by atoms with van der Waals surface area (Å²) < 4.78 is 33.4. The monoisotopic (exact) mass is 570 g/mol. The van der Waals surface area contributed by atoms with Crippen LogP contribution in [-0.2, 0) is 14.8 Å². The van der Waals surface area contributed by atoms with Gasteiger partial charge < -0.3 is 10.1 Å². The molecular formula is C31H30N4O5S. The number of nitrogens with zero attached hydrogens (tertiary/aromatic N) is 2. The quantitative estimate of drug-likeness (QED) is 0.206. The summed E-state index contributed by atoms with van der Waals surface area (Å²) in [6, 6.07) is 28.7. The number of hydrogen-bond donors (Lipinski definition) is 2. The maximum atomic E-state index is 13.6. The van der Waals surface area contributed by atoms with Gasteiger partial charge in [-0.05, 0) is 67.9 Å². The fourth-order valence-electron chi connectivity index (χ4n) is 3.88. The number of aryl methyl sites for hydroxylation is 1. The molecule has 0 saturated heterocycles. The van der Waals surface area contributed by atoms with E-state index in [1.165, 1.54) is 19.2 Å². The molecule has 0 aliphatic rings. The Morgan fingerprint density at radius 2 is 1.54 bits per heavy atom. The maximum absolute atomic E-state index is 13.6. The van der Waals surface area contributed by atoms with E-state index in [2.05, 4.69) is 15.8 Å². The van der Waals surface area contributed by atoms with Crippen molar-refractivity contribution in [2.75, 3.05) is 23.3 Å². The van der Waals surface area contributed by atoms with Gasteiger partial charge in [0.1, 0.15) is 12.3 Å². The highest BCUT2D eigenvalue weighted by Crippen LogP contribution is 2.27. The second-order valence-corrected chi connectivity index (χ2v) is 11.0. The van der Waals surface area contributed by atoms with Crippen molar-refractivity contribution in [2.45, 2.75) is 18.7 Å². The van der Waals surface area contributed by atoms with Crippen molar-refractivity contribution in [1.82, 2.24) is 5.43 Å². The summed E-state index contributed by atoms with van der Waals surface area (Å²) in [4.78, 5) is 25.4. The summed E-state index contributed by atoms with van der Waals surface area (Å²) in [5, 5.41) is 6.99. The molecule has 0 spiro atoms. The zero-order valence-electron chi connectivity index (χ0n) is 22.9. The minimum Gasteiger partial charge on any atom is -0.497 e. The second-order valence-electron chi connectivity index (χ2n) is 9.16. The molecule has 0 aliphatic carbocycles. The molecule has 0 atom stereocenters. The average molecular weight is 571 g/mol. The molecule has 2 N–H and O–H groups in total. The molecule has 2 amide bonds. The summed E-state index contributed by atoms with van der Waals surface area (Å²) in [5.41, 5.74) is 5.99. The van der Waals surface area contributed by atoms with Crippen LogP contribution in [0.1, 0.15) is 28.4 Å². The lowest BCUT2D eigenvalue weighted by atomic mass is 10.1. The Balaban J connectivity index is 1.48. The molecule has 210 valence electrons. The molecular weight excluding hydrogens is 540 g/mol. The molecule has 0 aromatic heterocycles. The van der Waals surface area contributed by atoms with E-state index in [1.807, 2.05) is 13.0 Å². The van der Waals surface area contributed by atoms with E-state index in [9.17, 15) is 18.0 Å². The van der Waals surface area contributed by atoms with Gasteiger partial charge in [0.2, 0.25) is 0 Å². The molecule has 4 aromatic carbocycles. The smallest absolute Gasteiger partial charge is 0.264 e. The summed E-state index contributed by atoms with van der Waals surface area (Å²) in [6.07, 6.45) is 0. The minimum absolute atomic E-state index is 0.0536. The van der Waals surface area contributed by atoms with E-state index in [4.69, 9.17) is 4.74 Å². The maximum Gasteiger partial charge on any atom is 0.264 e. The summed E-state index contributed by atoms with van der Waals surface area (Å²) in [6.45, 7) is 3.06. The van der Waals surface area contributed by atoms with Crippen molar-refractivity contribution >= 4 is 38.9 Å². The molecule has 0 unspecified atom stereocenters. The predicted octanol–water partition coefficient (Wildman–Crippen LogP) is 4.99. The van der Waals surface area contributed by atoms with Gasteiger partial charge in [-0.25, -0.2) is 13.8 Å². The van der Waals surface area contributed by atoms with Gasteiger partial charge >= 0.3 is 0 Å². The van der Waals surface area contributed by atoms with E-state index in [0.29, 0.717) is 28.3 Å². The number of ether oxygens (including phenoxy) is 1. The lowest BCUT2D eigenvalue weighted by Gasteiger charge is -2.24. The summed E-state index contributed by atoms with van der Waals surface area (Å²) >= 11 is 0. The number of hydrazone groups is 1. The van der Waals surface area contributed by atoms with Crippen LogP contribution in [0.4, 0.5) is 11.4 Å². The highest BCUT2D eigenvalue weighted by atomic mass is 32.2. The Kier molecular flexibility index (Phi) is 9.15. The molecule has 4 rings (SSSR count). The largest absolute Gasteiger partial charge is 0.497 e. The number of benzene rings is 4. The van der Waals surface area contributed by atoms with Gasteiger partial charge in [0.15, 0.2) is 0 Å². The number of sulfonamides is 1. The van der Waals surface area contributed by atoms with E-state index in [-0.39, 0.29) is 16.5 Å². The van der Waals surface area contributed by atoms with E-state index < -0.39 is 22.5 Å². The Bertz CT molecular complexity index is 1650. The van der Waals surface area contributed by atoms with Crippen molar-refractivity contribution in [3.05, 3.63) is 120 Å². The zero-order chi connectivity index (χ0) is 29.4. The Morgan fingerprint density at radius 3 is 2.20 bits per heavy atom. The third-order valence-electron chi connectivity index (χ3n) is 6.18. The normalized spacial score (nSPS) is 11.4. The number of hydrogen-bond acceptors (Lipinski definition) is 6. The van der Waals surface area contributed by atoms with Crippen molar-refractivity contribution in [1.29, 1.82) is 0 Å². The highest BCUT2D eigenvalue weighted by Gasteiger charge is 2.27. The van der Waals surface area contributed by atoms with Crippen LogP contribution in [0.25, 0.3) is 0 Å². The molecule has 0 radical (unpaired) electrons. The Labute approximate surface area is 239 Å². The summed E-state index contributed by atoms with van der Waals surface area (Å²) in [5.74, 6) is -0.406.